The Morgan fingerprint density at radius 2 is 1.69 bits per heavy atom. The number of halogens is 2. The minimum absolute atomic E-state index is 0.0864. The molecule has 0 aliphatic carbocycles. The monoisotopic (exact) mass is 388 g/mol. The highest BCUT2D eigenvalue weighted by molar-refractivity contribution is 6.35. The van der Waals surface area contributed by atoms with Crippen LogP contribution in [-0.2, 0) is 0 Å². The Kier molecular flexibility index (Phi) is 5.36. The van der Waals surface area contributed by atoms with E-state index in [9.17, 15) is 10.1 Å². The number of hydrogen-bond donors (Lipinski definition) is 0. The second kappa shape index (κ2) is 7.53. The van der Waals surface area contributed by atoms with E-state index in [4.69, 9.17) is 23.2 Å². The Balaban J connectivity index is 1.76. The lowest BCUT2D eigenvalue weighted by Gasteiger charge is -2.36. The fourth-order valence-electron chi connectivity index (χ4n) is 3.21. The van der Waals surface area contributed by atoms with Crippen LogP contribution >= 0.6 is 23.2 Å². The molecule has 0 spiro atoms. The zero-order valence-corrected chi connectivity index (χ0v) is 16.1. The Morgan fingerprint density at radius 1 is 1.08 bits per heavy atom. The van der Waals surface area contributed by atoms with Gasteiger partial charge >= 0.3 is 0 Å². The average molecular weight is 389 g/mol. The van der Waals surface area contributed by atoms with Crippen molar-refractivity contribution in [1.82, 2.24) is 9.88 Å². The van der Waals surface area contributed by atoms with E-state index < -0.39 is 0 Å². The van der Waals surface area contributed by atoms with E-state index in [0.717, 1.165) is 17.1 Å². The van der Waals surface area contributed by atoms with Crippen molar-refractivity contribution in [2.24, 2.45) is 0 Å². The maximum absolute atomic E-state index is 12.7. The first-order chi connectivity index (χ1) is 12.4. The predicted octanol–water partition coefficient (Wildman–Crippen LogP) is 3.84. The molecule has 0 atom stereocenters. The average Bonchev–Trinajstić information content (AvgIpc) is 2.60. The summed E-state index contributed by atoms with van der Waals surface area (Å²) >= 11 is 12.0. The third-order valence-electron chi connectivity index (χ3n) is 4.44. The standard InChI is InChI=1S/C19H18Cl2N4O/c1-12-7-18(17(11-22)13(2)23-12)24-3-5-25(6-4-24)19(26)14-8-15(20)10-16(21)9-14/h7-10H,3-6H2,1-2H3. The second-order valence-electron chi connectivity index (χ2n) is 6.29. The van der Waals surface area contributed by atoms with E-state index >= 15 is 0 Å². The Labute approximate surface area is 162 Å². The van der Waals surface area contributed by atoms with E-state index in [1.807, 2.05) is 19.9 Å². The molecule has 7 heteroatoms. The Hall–Kier alpha value is -2.29. The number of aromatic nitrogens is 1. The Bertz CT molecular complexity index is 879. The van der Waals surface area contributed by atoms with E-state index in [0.29, 0.717) is 47.4 Å². The fourth-order valence-corrected chi connectivity index (χ4v) is 3.73. The molecule has 1 saturated heterocycles. The largest absolute Gasteiger partial charge is 0.367 e. The molecule has 0 saturated carbocycles. The molecule has 1 amide bonds. The summed E-state index contributed by atoms with van der Waals surface area (Å²) < 4.78 is 0. The smallest absolute Gasteiger partial charge is 0.254 e. The summed E-state index contributed by atoms with van der Waals surface area (Å²) in [5.41, 5.74) is 3.58. The van der Waals surface area contributed by atoms with E-state index in [1.165, 1.54) is 0 Å². The summed E-state index contributed by atoms with van der Waals surface area (Å²) in [6.45, 7) is 6.19. The Morgan fingerprint density at radius 3 is 2.27 bits per heavy atom. The first kappa shape index (κ1) is 18.5. The minimum atomic E-state index is -0.0864. The number of carbonyl (C=O) groups is 1. The second-order valence-corrected chi connectivity index (χ2v) is 7.17. The lowest BCUT2D eigenvalue weighted by atomic mass is 10.1. The van der Waals surface area contributed by atoms with Crippen LogP contribution in [0.1, 0.15) is 27.3 Å². The maximum Gasteiger partial charge on any atom is 0.254 e. The van der Waals surface area contributed by atoms with Gasteiger partial charge in [-0.15, -0.1) is 0 Å². The van der Waals surface area contributed by atoms with E-state index in [1.54, 1.807) is 23.1 Å². The van der Waals surface area contributed by atoms with Crippen molar-refractivity contribution in [3.8, 4) is 6.07 Å². The van der Waals surface area contributed by atoms with Crippen molar-refractivity contribution in [1.29, 1.82) is 5.26 Å². The maximum atomic E-state index is 12.7. The number of hydrogen-bond acceptors (Lipinski definition) is 4. The summed E-state index contributed by atoms with van der Waals surface area (Å²) in [6, 6.07) is 9.04. The summed E-state index contributed by atoms with van der Waals surface area (Å²) in [5.74, 6) is -0.0864. The summed E-state index contributed by atoms with van der Waals surface area (Å²) in [4.78, 5) is 21.0. The topological polar surface area (TPSA) is 60.2 Å². The molecule has 1 aromatic heterocycles. The molecule has 0 radical (unpaired) electrons. The van der Waals surface area contributed by atoms with Crippen LogP contribution in [-0.4, -0.2) is 42.0 Å². The van der Waals surface area contributed by atoms with Crippen molar-refractivity contribution in [2.45, 2.75) is 13.8 Å². The van der Waals surface area contributed by atoms with Gasteiger partial charge in [0.15, 0.2) is 0 Å². The molecule has 134 valence electrons. The van der Waals surface area contributed by atoms with Gasteiger partial charge in [-0.2, -0.15) is 5.26 Å². The van der Waals surface area contributed by atoms with Gasteiger partial charge in [-0.1, -0.05) is 23.2 Å². The van der Waals surface area contributed by atoms with Crippen molar-refractivity contribution >= 4 is 34.8 Å². The van der Waals surface area contributed by atoms with Crippen LogP contribution in [0.2, 0.25) is 10.0 Å². The van der Waals surface area contributed by atoms with Crippen LogP contribution in [0.5, 0.6) is 0 Å². The number of nitriles is 1. The van der Waals surface area contributed by atoms with Crippen LogP contribution in [0.15, 0.2) is 24.3 Å². The normalized spacial score (nSPS) is 14.3. The van der Waals surface area contributed by atoms with Gasteiger partial charge in [-0.25, -0.2) is 0 Å². The van der Waals surface area contributed by atoms with Crippen LogP contribution in [0, 0.1) is 25.2 Å². The number of amides is 1. The minimum Gasteiger partial charge on any atom is -0.367 e. The number of rotatable bonds is 2. The lowest BCUT2D eigenvalue weighted by Crippen LogP contribution is -2.49. The highest BCUT2D eigenvalue weighted by Crippen LogP contribution is 2.25. The van der Waals surface area contributed by atoms with Crippen molar-refractivity contribution in [3.05, 3.63) is 56.8 Å². The van der Waals surface area contributed by atoms with E-state index in [2.05, 4.69) is 16.0 Å². The molecular formula is C19H18Cl2N4O. The third-order valence-corrected chi connectivity index (χ3v) is 4.87. The number of benzene rings is 1. The molecule has 3 rings (SSSR count). The SMILES string of the molecule is Cc1cc(N2CCN(C(=O)c3cc(Cl)cc(Cl)c3)CC2)c(C#N)c(C)n1. The summed E-state index contributed by atoms with van der Waals surface area (Å²) in [7, 11) is 0. The molecule has 2 heterocycles. The molecule has 0 N–H and O–H groups in total. The molecule has 26 heavy (non-hydrogen) atoms. The van der Waals surface area contributed by atoms with Crippen LogP contribution in [0.25, 0.3) is 0 Å². The third kappa shape index (κ3) is 3.77. The molecule has 2 aromatic rings. The molecular weight excluding hydrogens is 371 g/mol. The molecule has 1 aliphatic rings. The molecule has 0 bridgehead atoms. The predicted molar refractivity (Wildman–Crippen MR) is 103 cm³/mol. The van der Waals surface area contributed by atoms with Gasteiger partial charge in [0.1, 0.15) is 6.07 Å². The van der Waals surface area contributed by atoms with Gasteiger partial charge in [0.25, 0.3) is 5.91 Å². The van der Waals surface area contributed by atoms with E-state index in [-0.39, 0.29) is 5.91 Å². The van der Waals surface area contributed by atoms with Gasteiger partial charge in [-0.05, 0) is 38.1 Å². The van der Waals surface area contributed by atoms with Gasteiger partial charge in [-0.3, -0.25) is 9.78 Å². The van der Waals surface area contributed by atoms with Crippen LogP contribution < -0.4 is 4.90 Å². The molecule has 0 unspecified atom stereocenters. The van der Waals surface area contributed by atoms with Crippen LogP contribution in [0.3, 0.4) is 0 Å². The van der Waals surface area contributed by atoms with Gasteiger partial charge in [0.05, 0.1) is 16.9 Å². The van der Waals surface area contributed by atoms with Crippen LogP contribution in [0.4, 0.5) is 5.69 Å². The zero-order valence-electron chi connectivity index (χ0n) is 14.6. The highest BCUT2D eigenvalue weighted by Gasteiger charge is 2.24. The van der Waals surface area contributed by atoms with Gasteiger partial charge < -0.3 is 9.80 Å². The number of carbonyl (C=O) groups excluding carboxylic acids is 1. The summed E-state index contributed by atoms with van der Waals surface area (Å²) in [6.07, 6.45) is 0. The van der Waals surface area contributed by atoms with Crippen molar-refractivity contribution in [2.75, 3.05) is 31.1 Å². The molecule has 1 aromatic carbocycles. The quantitative estimate of drug-likeness (QED) is 0.783. The molecule has 5 nitrogen and oxygen atoms in total. The number of pyridine rings is 1. The number of nitrogens with zero attached hydrogens (tertiary/aromatic N) is 4. The van der Waals surface area contributed by atoms with Crippen molar-refractivity contribution in [3.63, 3.8) is 0 Å². The lowest BCUT2D eigenvalue weighted by molar-refractivity contribution is 0.0746. The van der Waals surface area contributed by atoms with Gasteiger partial charge in [0.2, 0.25) is 0 Å². The highest BCUT2D eigenvalue weighted by atomic mass is 35.5. The number of aryl methyl sites for hydroxylation is 2. The number of piperazine rings is 1. The fraction of sp³-hybridized carbons (Fsp3) is 0.316. The summed E-state index contributed by atoms with van der Waals surface area (Å²) in [5, 5.41) is 10.3. The number of anilines is 1. The molecule has 1 fully saturated rings. The first-order valence-corrected chi connectivity index (χ1v) is 9.03. The van der Waals surface area contributed by atoms with Crippen molar-refractivity contribution < 1.29 is 4.79 Å². The first-order valence-electron chi connectivity index (χ1n) is 8.27. The van der Waals surface area contributed by atoms with Gasteiger partial charge in [0, 0.05) is 47.5 Å². The zero-order chi connectivity index (χ0) is 18.8. The molecule has 1 aliphatic heterocycles.